The van der Waals surface area contributed by atoms with Gasteiger partial charge in [-0.1, -0.05) is 77.6 Å². The van der Waals surface area contributed by atoms with Crippen LogP contribution in [0.1, 0.15) is 64.7 Å². The second kappa shape index (κ2) is 11.8. The number of amides is 2. The highest BCUT2D eigenvalue weighted by Gasteiger charge is 2.49. The molecule has 3 aromatic carbocycles. The Bertz CT molecular complexity index is 1390. The highest BCUT2D eigenvalue weighted by molar-refractivity contribution is 6.35. The van der Waals surface area contributed by atoms with Gasteiger partial charge in [0.25, 0.3) is 11.8 Å². The quantitative estimate of drug-likeness (QED) is 0.252. The first kappa shape index (κ1) is 27.2. The van der Waals surface area contributed by atoms with Gasteiger partial charge in [0.1, 0.15) is 11.9 Å². The van der Waals surface area contributed by atoms with Crippen molar-refractivity contribution in [3.63, 3.8) is 0 Å². The number of nitrogens with one attached hydrogen (secondary N) is 1. The van der Waals surface area contributed by atoms with Crippen LogP contribution >= 0.6 is 23.2 Å². The third-order valence-electron chi connectivity index (χ3n) is 7.45. The smallest absolute Gasteiger partial charge is 0.255 e. The molecule has 4 atom stereocenters. The van der Waals surface area contributed by atoms with Gasteiger partial charge in [-0.25, -0.2) is 9.87 Å². The van der Waals surface area contributed by atoms with Crippen molar-refractivity contribution >= 4 is 35.0 Å². The number of carbonyl (C=O) groups is 2. The molecule has 1 heterocycles. The number of hydrogen-bond acceptors (Lipinski definition) is 5. The summed E-state index contributed by atoms with van der Waals surface area (Å²) >= 11 is 12.9. The van der Waals surface area contributed by atoms with Crippen LogP contribution in [0.2, 0.25) is 10.0 Å². The van der Waals surface area contributed by atoms with Crippen LogP contribution in [0.3, 0.4) is 0 Å². The summed E-state index contributed by atoms with van der Waals surface area (Å²) in [5.41, 5.74) is 4.60. The van der Waals surface area contributed by atoms with E-state index in [1.807, 2.05) is 0 Å². The van der Waals surface area contributed by atoms with E-state index in [4.69, 9.17) is 28.0 Å². The molecule has 3 aromatic rings. The number of fused-ring (bicyclic) bond motifs is 1. The van der Waals surface area contributed by atoms with Gasteiger partial charge in [-0.3, -0.25) is 14.4 Å². The van der Waals surface area contributed by atoms with Gasteiger partial charge < -0.3 is 4.90 Å². The number of hydrogen-bond donors (Lipinski definition) is 1. The maximum absolute atomic E-state index is 14.1. The van der Waals surface area contributed by atoms with Crippen molar-refractivity contribution in [1.29, 1.82) is 0 Å². The molecular formula is C29H26Cl2FN3O4. The molecule has 1 aliphatic heterocycles. The molecule has 5 rings (SSSR count). The molecule has 39 heavy (non-hydrogen) atoms. The number of nitroso groups, excluding NO2 is 1. The summed E-state index contributed by atoms with van der Waals surface area (Å²) in [6, 6.07) is 15.6. The lowest BCUT2D eigenvalue weighted by Gasteiger charge is -2.47. The molecule has 1 N–H and O–H groups in total. The molecule has 0 radical (unpaired) electrons. The van der Waals surface area contributed by atoms with Gasteiger partial charge in [-0.2, -0.15) is 4.91 Å². The Morgan fingerprint density at radius 1 is 1.03 bits per heavy atom. The number of nitrogens with zero attached hydrogens (tertiary/aromatic N) is 2. The molecule has 7 nitrogen and oxygen atoms in total. The van der Waals surface area contributed by atoms with Crippen molar-refractivity contribution in [2.75, 3.05) is 0 Å². The molecule has 1 aliphatic carbocycles. The van der Waals surface area contributed by atoms with Gasteiger partial charge >= 0.3 is 0 Å². The zero-order valence-corrected chi connectivity index (χ0v) is 22.4. The van der Waals surface area contributed by atoms with E-state index in [-0.39, 0.29) is 18.3 Å². The second-order valence-corrected chi connectivity index (χ2v) is 10.6. The standard InChI is InChI=1S/C29H26Cl2FN3O4/c30-18-11-14-22(23(31)15-18)27-26(28(36)34-39-16-17-9-12-19(32)13-10-17)20-5-1-2-6-21(20)29(37)35(27)25-8-4-3-7-24(25)33-38/h1-2,5-6,9-15,24-27H,3-4,7-8,16H2,(H,34,36)/t24-,25-,26+,27-/m0/s1. The predicted molar refractivity (Wildman–Crippen MR) is 146 cm³/mol. The fourth-order valence-corrected chi connectivity index (χ4v) is 6.17. The van der Waals surface area contributed by atoms with E-state index < -0.39 is 30.0 Å². The molecule has 2 aliphatic rings. The molecular weight excluding hydrogens is 544 g/mol. The summed E-state index contributed by atoms with van der Waals surface area (Å²) in [5.74, 6) is -2.08. The summed E-state index contributed by atoms with van der Waals surface area (Å²) in [7, 11) is 0. The van der Waals surface area contributed by atoms with E-state index in [1.54, 1.807) is 59.5 Å². The number of carbonyl (C=O) groups excluding carboxylic acids is 2. The summed E-state index contributed by atoms with van der Waals surface area (Å²) in [5, 5.41) is 4.07. The Morgan fingerprint density at radius 3 is 2.51 bits per heavy atom. The van der Waals surface area contributed by atoms with Gasteiger partial charge in [0.2, 0.25) is 0 Å². The van der Waals surface area contributed by atoms with Crippen LogP contribution in [-0.2, 0) is 16.2 Å². The lowest BCUT2D eigenvalue weighted by Crippen LogP contribution is -2.55. The van der Waals surface area contributed by atoms with Crippen LogP contribution in [0.4, 0.5) is 4.39 Å². The Labute approximate surface area is 235 Å². The van der Waals surface area contributed by atoms with Crippen molar-refractivity contribution in [2.24, 2.45) is 5.18 Å². The average molecular weight is 570 g/mol. The molecule has 0 unspecified atom stereocenters. The fourth-order valence-electron chi connectivity index (χ4n) is 5.65. The molecule has 1 fully saturated rings. The summed E-state index contributed by atoms with van der Waals surface area (Å²) in [4.78, 5) is 46.9. The molecule has 0 spiro atoms. The van der Waals surface area contributed by atoms with Gasteiger partial charge in [-0.15, -0.1) is 0 Å². The van der Waals surface area contributed by atoms with Crippen LogP contribution in [0.25, 0.3) is 0 Å². The van der Waals surface area contributed by atoms with E-state index in [9.17, 15) is 18.9 Å². The number of hydroxylamine groups is 1. The first-order chi connectivity index (χ1) is 18.9. The van der Waals surface area contributed by atoms with E-state index in [0.29, 0.717) is 45.1 Å². The second-order valence-electron chi connectivity index (χ2n) is 9.79. The lowest BCUT2D eigenvalue weighted by molar-refractivity contribution is -0.138. The highest BCUT2D eigenvalue weighted by atomic mass is 35.5. The summed E-state index contributed by atoms with van der Waals surface area (Å²) < 4.78 is 13.3. The van der Waals surface area contributed by atoms with Crippen molar-refractivity contribution in [1.82, 2.24) is 10.4 Å². The van der Waals surface area contributed by atoms with Gasteiger partial charge in [-0.05, 0) is 59.9 Å². The minimum atomic E-state index is -0.917. The highest BCUT2D eigenvalue weighted by Crippen LogP contribution is 2.48. The maximum Gasteiger partial charge on any atom is 0.255 e. The largest absolute Gasteiger partial charge is 0.325 e. The Morgan fingerprint density at radius 2 is 1.77 bits per heavy atom. The third kappa shape index (κ3) is 5.55. The van der Waals surface area contributed by atoms with Crippen molar-refractivity contribution in [3.05, 3.63) is 110 Å². The Kier molecular flexibility index (Phi) is 8.26. The van der Waals surface area contributed by atoms with Crippen molar-refractivity contribution in [3.8, 4) is 0 Å². The van der Waals surface area contributed by atoms with Crippen molar-refractivity contribution in [2.45, 2.75) is 56.3 Å². The summed E-state index contributed by atoms with van der Waals surface area (Å²) in [6.07, 6.45) is 2.78. The molecule has 0 aromatic heterocycles. The van der Waals surface area contributed by atoms with E-state index >= 15 is 0 Å². The summed E-state index contributed by atoms with van der Waals surface area (Å²) in [6.45, 7) is 0.00909. The fraction of sp³-hybridized carbons (Fsp3) is 0.310. The molecule has 0 bridgehead atoms. The van der Waals surface area contributed by atoms with Crippen LogP contribution in [0.15, 0.2) is 71.9 Å². The molecule has 0 saturated heterocycles. The first-order valence-corrected chi connectivity index (χ1v) is 13.5. The Balaban J connectivity index is 1.57. The van der Waals surface area contributed by atoms with E-state index in [0.717, 1.165) is 12.8 Å². The zero-order valence-electron chi connectivity index (χ0n) is 20.9. The predicted octanol–water partition coefficient (Wildman–Crippen LogP) is 6.74. The average Bonchev–Trinajstić information content (AvgIpc) is 2.94. The molecule has 2 amide bonds. The SMILES string of the molecule is O=N[C@H]1CCCC[C@@H]1N1C(=O)c2ccccc2[C@@H](C(=O)NOCc2ccc(F)cc2)[C@@H]1c1ccc(Cl)cc1Cl. The van der Waals surface area contributed by atoms with Crippen LogP contribution in [0, 0.1) is 10.7 Å². The van der Waals surface area contributed by atoms with Crippen LogP contribution < -0.4 is 5.48 Å². The Hall–Kier alpha value is -3.33. The maximum atomic E-state index is 14.1. The molecule has 202 valence electrons. The minimum Gasteiger partial charge on any atom is -0.325 e. The van der Waals surface area contributed by atoms with Crippen molar-refractivity contribution < 1.29 is 18.8 Å². The van der Waals surface area contributed by atoms with E-state index in [1.165, 1.54) is 12.1 Å². The number of benzene rings is 3. The number of rotatable bonds is 7. The zero-order chi connectivity index (χ0) is 27.5. The monoisotopic (exact) mass is 569 g/mol. The van der Waals surface area contributed by atoms with Gasteiger partial charge in [0, 0.05) is 15.6 Å². The number of halogens is 3. The topological polar surface area (TPSA) is 88.1 Å². The van der Waals surface area contributed by atoms with Gasteiger partial charge in [0.05, 0.1) is 24.6 Å². The van der Waals surface area contributed by atoms with Crippen LogP contribution in [0.5, 0.6) is 0 Å². The third-order valence-corrected chi connectivity index (χ3v) is 8.01. The lowest BCUT2D eigenvalue weighted by atomic mass is 9.76. The first-order valence-electron chi connectivity index (χ1n) is 12.7. The minimum absolute atomic E-state index is 0.00909. The van der Waals surface area contributed by atoms with Crippen LogP contribution in [-0.4, -0.2) is 28.8 Å². The normalized spacial score (nSPS) is 22.7. The van der Waals surface area contributed by atoms with E-state index in [2.05, 4.69) is 10.7 Å². The molecule has 10 heteroatoms. The van der Waals surface area contributed by atoms with Gasteiger partial charge in [0.15, 0.2) is 0 Å². The molecule has 1 saturated carbocycles.